The predicted molar refractivity (Wildman–Crippen MR) is 110 cm³/mol. The van der Waals surface area contributed by atoms with Gasteiger partial charge >= 0.3 is 0 Å². The van der Waals surface area contributed by atoms with Gasteiger partial charge in [-0.05, 0) is 35.4 Å². The van der Waals surface area contributed by atoms with Crippen molar-refractivity contribution in [1.29, 1.82) is 0 Å². The summed E-state index contributed by atoms with van der Waals surface area (Å²) in [6, 6.07) is 25.4. The minimum Gasteiger partial charge on any atom is -0.258 e. The van der Waals surface area contributed by atoms with Crippen molar-refractivity contribution in [3.8, 4) is 0 Å². The summed E-state index contributed by atoms with van der Waals surface area (Å²) in [5, 5.41) is 10.8. The Hall–Kier alpha value is -2.99. The van der Waals surface area contributed by atoms with Crippen LogP contribution in [0.2, 0.25) is 0 Å². The smallest absolute Gasteiger partial charge is 0.258 e. The van der Waals surface area contributed by atoms with Crippen LogP contribution in [0.5, 0.6) is 0 Å². The molecule has 0 N–H and O–H groups in total. The van der Waals surface area contributed by atoms with E-state index in [9.17, 15) is 10.1 Å². The first kappa shape index (κ1) is 18.8. The highest BCUT2D eigenvalue weighted by molar-refractivity contribution is 8.93. The summed E-state index contributed by atoms with van der Waals surface area (Å²) in [5.74, 6) is 0. The number of benzene rings is 3. The van der Waals surface area contributed by atoms with Gasteiger partial charge in [-0.2, -0.15) is 0 Å². The van der Waals surface area contributed by atoms with Gasteiger partial charge in [-0.1, -0.05) is 42.5 Å². The van der Waals surface area contributed by atoms with Gasteiger partial charge in [0.25, 0.3) is 5.69 Å². The summed E-state index contributed by atoms with van der Waals surface area (Å²) in [6.07, 6.45) is 2.11. The number of hydrogen-bond acceptors (Lipinski definition) is 2. The maximum Gasteiger partial charge on any atom is 0.269 e. The van der Waals surface area contributed by atoms with E-state index in [4.69, 9.17) is 0 Å². The third-order valence-corrected chi connectivity index (χ3v) is 4.48. The van der Waals surface area contributed by atoms with Crippen molar-refractivity contribution in [3.05, 3.63) is 106 Å². The molecule has 1 aromatic heterocycles. The van der Waals surface area contributed by atoms with Crippen molar-refractivity contribution >= 4 is 33.7 Å². The summed E-state index contributed by atoms with van der Waals surface area (Å²) < 4.78 is 4.41. The Balaban J connectivity index is 0.00000210. The Kier molecular flexibility index (Phi) is 5.66. The molecule has 27 heavy (non-hydrogen) atoms. The van der Waals surface area contributed by atoms with Crippen LogP contribution < -0.4 is 4.57 Å². The highest BCUT2D eigenvalue weighted by atomic mass is 79.9. The average molecular weight is 425 g/mol. The van der Waals surface area contributed by atoms with Crippen LogP contribution in [0.15, 0.2) is 85.2 Å². The number of para-hydroxylation sites is 2. The van der Waals surface area contributed by atoms with Crippen molar-refractivity contribution in [1.82, 2.24) is 4.57 Å². The van der Waals surface area contributed by atoms with E-state index in [-0.39, 0.29) is 27.6 Å². The lowest BCUT2D eigenvalue weighted by Gasteiger charge is -1.99. The summed E-state index contributed by atoms with van der Waals surface area (Å²) in [7, 11) is 0. The molecule has 0 unspecified atom stereocenters. The van der Waals surface area contributed by atoms with E-state index < -0.39 is 0 Å². The van der Waals surface area contributed by atoms with E-state index >= 15 is 0 Å². The Bertz CT molecular complexity index is 1060. The number of rotatable bonds is 5. The molecule has 0 saturated carbocycles. The molecule has 0 fully saturated rings. The number of halogens is 1. The van der Waals surface area contributed by atoms with Crippen LogP contribution in [0.25, 0.3) is 11.0 Å². The molecule has 0 saturated heterocycles. The summed E-state index contributed by atoms with van der Waals surface area (Å²) in [4.78, 5) is 10.4. The third-order valence-electron chi connectivity index (χ3n) is 4.48. The van der Waals surface area contributed by atoms with Gasteiger partial charge in [-0.15, -0.1) is 17.0 Å². The van der Waals surface area contributed by atoms with Gasteiger partial charge in [0, 0.05) is 12.1 Å². The van der Waals surface area contributed by atoms with Gasteiger partial charge in [0.05, 0.1) is 4.92 Å². The topological polar surface area (TPSA) is 52.0 Å². The molecule has 0 aliphatic rings. The molecule has 4 rings (SSSR count). The van der Waals surface area contributed by atoms with Gasteiger partial charge in [-0.3, -0.25) is 10.1 Å². The number of nitro benzene ring substituents is 1. The van der Waals surface area contributed by atoms with Crippen LogP contribution in [-0.4, -0.2) is 9.49 Å². The van der Waals surface area contributed by atoms with Crippen molar-refractivity contribution in [2.75, 3.05) is 0 Å². The summed E-state index contributed by atoms with van der Waals surface area (Å²) in [5.41, 5.74) is 4.70. The SMILES string of the molecule is Br.O=[N+]([O-])c1ccc(Cn2c[n+](Cc3ccccc3)c3ccccc32)cc1. The molecule has 3 aromatic carbocycles. The zero-order valence-electron chi connectivity index (χ0n) is 14.6. The first-order valence-corrected chi connectivity index (χ1v) is 8.45. The number of nitro groups is 1. The highest BCUT2D eigenvalue weighted by Crippen LogP contribution is 2.16. The normalized spacial score (nSPS) is 10.5. The van der Waals surface area contributed by atoms with Crippen LogP contribution in [0, 0.1) is 10.1 Å². The van der Waals surface area contributed by atoms with Crippen molar-refractivity contribution in [2.45, 2.75) is 13.1 Å². The van der Waals surface area contributed by atoms with Crippen LogP contribution in [0.1, 0.15) is 11.1 Å². The maximum absolute atomic E-state index is 10.8. The molecular formula is C21H19BrN3O2+. The van der Waals surface area contributed by atoms with E-state index in [1.165, 1.54) is 11.1 Å². The first-order valence-electron chi connectivity index (χ1n) is 8.45. The highest BCUT2D eigenvalue weighted by Gasteiger charge is 2.16. The Morgan fingerprint density at radius 2 is 1.52 bits per heavy atom. The van der Waals surface area contributed by atoms with Gasteiger partial charge in [0.1, 0.15) is 13.1 Å². The van der Waals surface area contributed by atoms with E-state index in [1.54, 1.807) is 12.1 Å². The van der Waals surface area contributed by atoms with Crippen LogP contribution in [0.3, 0.4) is 0 Å². The molecule has 6 heteroatoms. The molecule has 0 atom stereocenters. The van der Waals surface area contributed by atoms with Crippen molar-refractivity contribution < 1.29 is 9.49 Å². The number of non-ortho nitro benzene ring substituents is 1. The fourth-order valence-corrected chi connectivity index (χ4v) is 3.19. The van der Waals surface area contributed by atoms with Crippen molar-refractivity contribution in [2.24, 2.45) is 0 Å². The van der Waals surface area contributed by atoms with E-state index in [2.05, 4.69) is 39.7 Å². The lowest BCUT2D eigenvalue weighted by molar-refractivity contribution is -0.663. The van der Waals surface area contributed by atoms with Crippen LogP contribution in [-0.2, 0) is 13.1 Å². The zero-order chi connectivity index (χ0) is 17.9. The molecule has 136 valence electrons. The van der Waals surface area contributed by atoms with Gasteiger partial charge < -0.3 is 0 Å². The molecule has 0 aliphatic carbocycles. The standard InChI is InChI=1S/C21H18N3O2.BrH/c25-24(26)19-12-10-18(11-13-19)15-23-16-22(14-17-6-2-1-3-7-17)20-8-4-5-9-21(20)23;/h1-13,16H,14-15H2;1H/q+1;. The molecule has 0 bridgehead atoms. The number of imidazole rings is 1. The third kappa shape index (κ3) is 4.06. The quantitative estimate of drug-likeness (QED) is 0.268. The zero-order valence-corrected chi connectivity index (χ0v) is 16.3. The minimum atomic E-state index is -0.372. The number of aromatic nitrogens is 2. The number of fused-ring (bicyclic) bond motifs is 1. The predicted octanol–water partition coefficient (Wildman–Crippen LogP) is 4.51. The Morgan fingerprint density at radius 3 is 2.22 bits per heavy atom. The lowest BCUT2D eigenvalue weighted by Crippen LogP contribution is -2.32. The number of hydrogen-bond donors (Lipinski definition) is 0. The first-order chi connectivity index (χ1) is 12.7. The minimum absolute atomic E-state index is 0. The molecule has 0 spiro atoms. The second-order valence-electron chi connectivity index (χ2n) is 6.27. The molecule has 1 heterocycles. The monoisotopic (exact) mass is 424 g/mol. The van der Waals surface area contributed by atoms with Crippen LogP contribution in [0.4, 0.5) is 5.69 Å². The lowest BCUT2D eigenvalue weighted by atomic mass is 10.2. The molecule has 5 nitrogen and oxygen atoms in total. The fraction of sp³-hybridized carbons (Fsp3) is 0.0952. The average Bonchev–Trinajstić information content (AvgIpc) is 3.01. The summed E-state index contributed by atoms with van der Waals surface area (Å²) >= 11 is 0. The van der Waals surface area contributed by atoms with E-state index in [1.807, 2.05) is 42.5 Å². The van der Waals surface area contributed by atoms with E-state index in [0.717, 1.165) is 17.6 Å². The van der Waals surface area contributed by atoms with Gasteiger partial charge in [0.2, 0.25) is 6.33 Å². The van der Waals surface area contributed by atoms with Crippen LogP contribution >= 0.6 is 17.0 Å². The fourth-order valence-electron chi connectivity index (χ4n) is 3.19. The largest absolute Gasteiger partial charge is 0.269 e. The molecule has 0 amide bonds. The second-order valence-corrected chi connectivity index (χ2v) is 6.27. The molecule has 0 aliphatic heterocycles. The number of nitrogens with zero attached hydrogens (tertiary/aromatic N) is 3. The maximum atomic E-state index is 10.8. The Labute approximate surface area is 167 Å². The van der Waals surface area contributed by atoms with E-state index in [0.29, 0.717) is 6.54 Å². The van der Waals surface area contributed by atoms with Crippen molar-refractivity contribution in [3.63, 3.8) is 0 Å². The Morgan fingerprint density at radius 1 is 0.852 bits per heavy atom. The molecular weight excluding hydrogens is 406 g/mol. The second kappa shape index (κ2) is 8.14. The van der Waals surface area contributed by atoms with Gasteiger partial charge in [-0.25, -0.2) is 9.13 Å². The van der Waals surface area contributed by atoms with Gasteiger partial charge in [0.15, 0.2) is 11.0 Å². The molecule has 0 radical (unpaired) electrons. The summed E-state index contributed by atoms with van der Waals surface area (Å²) in [6.45, 7) is 1.47. The molecule has 4 aromatic rings.